The van der Waals surface area contributed by atoms with Crippen molar-refractivity contribution in [3.8, 4) is 5.69 Å². The van der Waals surface area contributed by atoms with Crippen molar-refractivity contribution in [1.82, 2.24) is 9.78 Å². The van der Waals surface area contributed by atoms with Gasteiger partial charge in [0, 0.05) is 5.02 Å². The van der Waals surface area contributed by atoms with Crippen LogP contribution in [0.15, 0.2) is 30.5 Å². The molecule has 4 heteroatoms. The number of aromatic nitrogens is 2. The van der Waals surface area contributed by atoms with E-state index < -0.39 is 0 Å². The first kappa shape index (κ1) is 9.09. The lowest BCUT2D eigenvalue weighted by Gasteiger charge is -2.03. The van der Waals surface area contributed by atoms with Crippen LogP contribution in [0.2, 0.25) is 5.02 Å². The third-order valence-electron chi connectivity index (χ3n) is 2.12. The fraction of sp³-hybridized carbons (Fsp3) is 0.100. The lowest BCUT2D eigenvalue weighted by molar-refractivity contribution is 0.847. The van der Waals surface area contributed by atoms with Crippen molar-refractivity contribution in [2.75, 3.05) is 5.73 Å². The molecule has 0 aliphatic heterocycles. The Kier molecular flexibility index (Phi) is 2.17. The molecular weight excluding hydrogens is 198 g/mol. The summed E-state index contributed by atoms with van der Waals surface area (Å²) in [6.07, 6.45) is 1.64. The monoisotopic (exact) mass is 207 g/mol. The Balaban J connectivity index is 2.49. The highest BCUT2D eigenvalue weighted by molar-refractivity contribution is 6.30. The van der Waals surface area contributed by atoms with Gasteiger partial charge in [0.2, 0.25) is 0 Å². The predicted octanol–water partition coefficient (Wildman–Crippen LogP) is 2.42. The fourth-order valence-electron chi connectivity index (χ4n) is 1.26. The van der Waals surface area contributed by atoms with Gasteiger partial charge in [0.05, 0.1) is 23.3 Å². The minimum atomic E-state index is 0.694. The Hall–Kier alpha value is -1.48. The molecule has 0 aliphatic carbocycles. The second-order valence-electron chi connectivity index (χ2n) is 3.07. The molecule has 14 heavy (non-hydrogen) atoms. The minimum absolute atomic E-state index is 0.694. The maximum absolute atomic E-state index is 5.79. The van der Waals surface area contributed by atoms with Crippen molar-refractivity contribution in [2.45, 2.75) is 6.92 Å². The van der Waals surface area contributed by atoms with Crippen LogP contribution >= 0.6 is 11.6 Å². The van der Waals surface area contributed by atoms with Crippen molar-refractivity contribution >= 4 is 17.3 Å². The van der Waals surface area contributed by atoms with Crippen LogP contribution in [0.3, 0.4) is 0 Å². The van der Waals surface area contributed by atoms with E-state index in [1.54, 1.807) is 10.9 Å². The molecule has 0 aliphatic rings. The van der Waals surface area contributed by atoms with E-state index in [-0.39, 0.29) is 0 Å². The SMILES string of the molecule is Cc1c(N)cnn1-c1ccc(Cl)cc1. The lowest BCUT2D eigenvalue weighted by Crippen LogP contribution is -1.98. The zero-order valence-corrected chi connectivity index (χ0v) is 8.49. The summed E-state index contributed by atoms with van der Waals surface area (Å²) in [4.78, 5) is 0. The molecule has 0 amide bonds. The van der Waals surface area contributed by atoms with Gasteiger partial charge in [0.25, 0.3) is 0 Å². The van der Waals surface area contributed by atoms with E-state index in [2.05, 4.69) is 5.10 Å². The Morgan fingerprint density at radius 3 is 2.43 bits per heavy atom. The molecule has 0 atom stereocenters. The minimum Gasteiger partial charge on any atom is -0.396 e. The maximum Gasteiger partial charge on any atom is 0.0734 e. The lowest BCUT2D eigenvalue weighted by atomic mass is 10.3. The van der Waals surface area contributed by atoms with Gasteiger partial charge < -0.3 is 5.73 Å². The van der Waals surface area contributed by atoms with E-state index in [9.17, 15) is 0 Å². The van der Waals surface area contributed by atoms with Crippen LogP contribution in [0.4, 0.5) is 5.69 Å². The molecule has 0 radical (unpaired) electrons. The summed E-state index contributed by atoms with van der Waals surface area (Å²) < 4.78 is 1.78. The number of nitrogen functional groups attached to an aromatic ring is 1. The Morgan fingerprint density at radius 2 is 1.93 bits per heavy atom. The molecule has 2 N–H and O–H groups in total. The van der Waals surface area contributed by atoms with Crippen LogP contribution in [0, 0.1) is 6.92 Å². The van der Waals surface area contributed by atoms with Crippen LogP contribution in [-0.4, -0.2) is 9.78 Å². The summed E-state index contributed by atoms with van der Waals surface area (Å²) in [5.74, 6) is 0. The molecular formula is C10H10ClN3. The molecule has 2 rings (SSSR count). The van der Waals surface area contributed by atoms with Crippen molar-refractivity contribution in [3.63, 3.8) is 0 Å². The standard InChI is InChI=1S/C10H10ClN3/c1-7-10(12)6-13-14(7)9-4-2-8(11)3-5-9/h2-6H,12H2,1H3. The van der Waals surface area contributed by atoms with Gasteiger partial charge in [-0.05, 0) is 31.2 Å². The average molecular weight is 208 g/mol. The number of hydrogen-bond donors (Lipinski definition) is 1. The van der Waals surface area contributed by atoms with Gasteiger partial charge in [-0.2, -0.15) is 5.10 Å². The third kappa shape index (κ3) is 1.46. The second-order valence-corrected chi connectivity index (χ2v) is 3.51. The first-order valence-electron chi connectivity index (χ1n) is 4.24. The molecule has 1 aromatic carbocycles. The van der Waals surface area contributed by atoms with Crippen molar-refractivity contribution in [2.24, 2.45) is 0 Å². The zero-order chi connectivity index (χ0) is 10.1. The molecule has 0 bridgehead atoms. The van der Waals surface area contributed by atoms with Crippen LogP contribution in [0.1, 0.15) is 5.69 Å². The number of nitrogens with two attached hydrogens (primary N) is 1. The summed E-state index contributed by atoms with van der Waals surface area (Å²) in [6.45, 7) is 1.93. The number of benzene rings is 1. The molecule has 0 saturated heterocycles. The highest BCUT2D eigenvalue weighted by atomic mass is 35.5. The van der Waals surface area contributed by atoms with Crippen LogP contribution in [0.25, 0.3) is 5.69 Å². The molecule has 0 fully saturated rings. The van der Waals surface area contributed by atoms with E-state index in [4.69, 9.17) is 17.3 Å². The van der Waals surface area contributed by atoms with Gasteiger partial charge in [0.1, 0.15) is 0 Å². The third-order valence-corrected chi connectivity index (χ3v) is 2.37. The fourth-order valence-corrected chi connectivity index (χ4v) is 1.39. The number of nitrogens with zero attached hydrogens (tertiary/aromatic N) is 2. The van der Waals surface area contributed by atoms with Gasteiger partial charge in [0.15, 0.2) is 0 Å². The Bertz CT molecular complexity index is 445. The molecule has 1 aromatic heterocycles. The quantitative estimate of drug-likeness (QED) is 0.781. The topological polar surface area (TPSA) is 43.8 Å². The van der Waals surface area contributed by atoms with Gasteiger partial charge >= 0.3 is 0 Å². The molecule has 0 saturated carbocycles. The van der Waals surface area contributed by atoms with Crippen LogP contribution < -0.4 is 5.73 Å². The van der Waals surface area contributed by atoms with Crippen molar-refractivity contribution in [3.05, 3.63) is 41.2 Å². The summed E-state index contributed by atoms with van der Waals surface area (Å²) in [5, 5.41) is 4.88. The Labute approximate surface area is 87.1 Å². The van der Waals surface area contributed by atoms with Gasteiger partial charge in [-0.1, -0.05) is 11.6 Å². The molecule has 0 unspecified atom stereocenters. The van der Waals surface area contributed by atoms with Gasteiger partial charge in [-0.15, -0.1) is 0 Å². The maximum atomic E-state index is 5.79. The molecule has 1 heterocycles. The van der Waals surface area contributed by atoms with E-state index in [0.717, 1.165) is 11.4 Å². The summed E-state index contributed by atoms with van der Waals surface area (Å²) in [5.41, 5.74) is 8.29. The molecule has 72 valence electrons. The number of hydrogen-bond acceptors (Lipinski definition) is 2. The van der Waals surface area contributed by atoms with Crippen molar-refractivity contribution in [1.29, 1.82) is 0 Å². The van der Waals surface area contributed by atoms with Crippen LogP contribution in [0.5, 0.6) is 0 Å². The summed E-state index contributed by atoms with van der Waals surface area (Å²) >= 11 is 5.79. The molecule has 2 aromatic rings. The van der Waals surface area contributed by atoms with E-state index in [1.165, 1.54) is 0 Å². The van der Waals surface area contributed by atoms with E-state index >= 15 is 0 Å². The second kappa shape index (κ2) is 3.35. The first-order chi connectivity index (χ1) is 6.68. The first-order valence-corrected chi connectivity index (χ1v) is 4.62. The zero-order valence-electron chi connectivity index (χ0n) is 7.74. The smallest absolute Gasteiger partial charge is 0.0734 e. The highest BCUT2D eigenvalue weighted by Crippen LogP contribution is 2.17. The van der Waals surface area contributed by atoms with E-state index in [0.29, 0.717) is 10.7 Å². The normalized spacial score (nSPS) is 10.4. The van der Waals surface area contributed by atoms with E-state index in [1.807, 2.05) is 31.2 Å². The van der Waals surface area contributed by atoms with Crippen molar-refractivity contribution < 1.29 is 0 Å². The van der Waals surface area contributed by atoms with Crippen LogP contribution in [-0.2, 0) is 0 Å². The van der Waals surface area contributed by atoms with Gasteiger partial charge in [-0.3, -0.25) is 0 Å². The largest absolute Gasteiger partial charge is 0.396 e. The Morgan fingerprint density at radius 1 is 1.29 bits per heavy atom. The highest BCUT2D eigenvalue weighted by Gasteiger charge is 2.04. The number of rotatable bonds is 1. The molecule has 0 spiro atoms. The predicted molar refractivity (Wildman–Crippen MR) is 57.7 cm³/mol. The number of anilines is 1. The summed E-state index contributed by atoms with van der Waals surface area (Å²) in [6, 6.07) is 7.46. The summed E-state index contributed by atoms with van der Waals surface area (Å²) in [7, 11) is 0. The number of halogens is 1. The van der Waals surface area contributed by atoms with Gasteiger partial charge in [-0.25, -0.2) is 4.68 Å². The average Bonchev–Trinajstić information content (AvgIpc) is 2.50. The molecule has 3 nitrogen and oxygen atoms in total.